The van der Waals surface area contributed by atoms with Crippen LogP contribution in [0, 0.1) is 11.3 Å². The van der Waals surface area contributed by atoms with Crippen LogP contribution in [0.2, 0.25) is 18.1 Å². The number of benzene rings is 2. The average molecular weight is 604 g/mol. The van der Waals surface area contributed by atoms with Gasteiger partial charge in [0.25, 0.3) is 0 Å². The highest BCUT2D eigenvalue weighted by atomic mass is 28.4. The second-order valence-corrected chi connectivity index (χ2v) is 17.8. The zero-order chi connectivity index (χ0) is 31.2. The van der Waals surface area contributed by atoms with Crippen molar-refractivity contribution in [3.8, 4) is 11.8 Å². The fourth-order valence-electron chi connectivity index (χ4n) is 5.17. The molecule has 1 aliphatic rings. The summed E-state index contributed by atoms with van der Waals surface area (Å²) in [4.78, 5) is 29.5. The number of pyridine rings is 1. The molecule has 2 heterocycles. The molecule has 1 amide bonds. The molecule has 1 saturated heterocycles. The van der Waals surface area contributed by atoms with Crippen LogP contribution in [0.25, 0.3) is 10.9 Å². The van der Waals surface area contributed by atoms with Gasteiger partial charge in [-0.15, -0.1) is 0 Å². The van der Waals surface area contributed by atoms with Crippen LogP contribution in [0.4, 0.5) is 0 Å². The Balaban J connectivity index is 1.32. The van der Waals surface area contributed by atoms with Gasteiger partial charge < -0.3 is 30.0 Å². The van der Waals surface area contributed by atoms with Crippen LogP contribution in [0.3, 0.4) is 0 Å². The number of aromatic amines is 1. The summed E-state index contributed by atoms with van der Waals surface area (Å²) >= 11 is 0. The van der Waals surface area contributed by atoms with E-state index >= 15 is 0 Å². The third-order valence-corrected chi connectivity index (χ3v) is 13.4. The molecule has 0 radical (unpaired) electrons. The first kappa shape index (κ1) is 32.4. The van der Waals surface area contributed by atoms with E-state index in [9.17, 15) is 14.7 Å². The molecule has 9 nitrogen and oxygen atoms in total. The third-order valence-electron chi connectivity index (χ3n) is 8.90. The Hall–Kier alpha value is -3.49. The summed E-state index contributed by atoms with van der Waals surface area (Å²) in [6.45, 7) is 14.8. The highest BCUT2D eigenvalue weighted by Gasteiger charge is 2.40. The number of H-pyrrole nitrogens is 1. The molecular weight excluding hydrogens is 558 g/mol. The SMILES string of the molecule is CC(C)(C)[Si](C)(C)O[C@@H](CNC1CCN(CCC(=O)NCc2ccc(C#N)cc2)CC1)c1ccc(O)c2[nH]c(=O)ccc12. The van der Waals surface area contributed by atoms with Crippen LogP contribution in [0.1, 0.15) is 62.8 Å². The summed E-state index contributed by atoms with van der Waals surface area (Å²) in [5.41, 5.74) is 2.71. The van der Waals surface area contributed by atoms with Crippen molar-refractivity contribution in [2.45, 2.75) is 76.9 Å². The number of carbonyl (C=O) groups excluding carboxylic acids is 1. The van der Waals surface area contributed by atoms with Gasteiger partial charge in [-0.25, -0.2) is 0 Å². The van der Waals surface area contributed by atoms with Gasteiger partial charge in [0.05, 0.1) is 23.3 Å². The van der Waals surface area contributed by atoms with Crippen LogP contribution < -0.4 is 16.2 Å². The highest BCUT2D eigenvalue weighted by Crippen LogP contribution is 2.41. The van der Waals surface area contributed by atoms with Crippen molar-refractivity contribution in [2.75, 3.05) is 26.2 Å². The number of likely N-dealkylation sites (tertiary alicyclic amines) is 1. The van der Waals surface area contributed by atoms with Crippen molar-refractivity contribution in [1.29, 1.82) is 5.26 Å². The summed E-state index contributed by atoms with van der Waals surface area (Å²) in [7, 11) is -2.15. The minimum Gasteiger partial charge on any atom is -0.506 e. The maximum atomic E-state index is 12.4. The minimum absolute atomic E-state index is 0.0198. The Labute approximate surface area is 255 Å². The Morgan fingerprint density at radius 3 is 2.49 bits per heavy atom. The number of nitriles is 1. The smallest absolute Gasteiger partial charge is 0.248 e. The standard InChI is InChI=1S/C33H45N5O4Si/c1-33(2,3)43(4,5)42-29(26-10-12-28(39)32-27(26)11-13-31(41)37-32)22-35-25-14-17-38(18-15-25)19-16-30(40)36-21-24-8-6-23(20-34)7-9-24/h6-13,25,29,35,39H,14-19,21-22H2,1-5H3,(H,36,40)(H,37,41)/t29-/m0/s1. The summed E-state index contributed by atoms with van der Waals surface area (Å²) < 4.78 is 6.94. The summed E-state index contributed by atoms with van der Waals surface area (Å²) in [6.07, 6.45) is 2.16. The lowest BCUT2D eigenvalue weighted by Crippen LogP contribution is -2.47. The molecule has 0 saturated carbocycles. The Morgan fingerprint density at radius 1 is 1.14 bits per heavy atom. The molecule has 1 fully saturated rings. The zero-order valence-electron chi connectivity index (χ0n) is 26.0. The van der Waals surface area contributed by atoms with Crippen molar-refractivity contribution < 1.29 is 14.3 Å². The molecule has 4 N–H and O–H groups in total. The lowest BCUT2D eigenvalue weighted by molar-refractivity contribution is -0.121. The second kappa shape index (κ2) is 13.9. The number of phenolic OH excluding ortho intramolecular Hbond substituents is 1. The summed E-state index contributed by atoms with van der Waals surface area (Å²) in [5, 5.41) is 26.9. The van der Waals surface area contributed by atoms with Gasteiger partial charge in [0.15, 0.2) is 8.32 Å². The Bertz CT molecular complexity index is 1500. The lowest BCUT2D eigenvalue weighted by atomic mass is 10.0. The van der Waals surface area contributed by atoms with Gasteiger partial charge in [0.2, 0.25) is 11.5 Å². The Kier molecular flexibility index (Phi) is 10.5. The number of aromatic hydroxyl groups is 1. The quantitative estimate of drug-likeness (QED) is 0.229. The molecule has 0 unspecified atom stereocenters. The zero-order valence-corrected chi connectivity index (χ0v) is 27.0. The fraction of sp³-hybridized carbons (Fsp3) is 0.485. The third kappa shape index (κ3) is 8.54. The summed E-state index contributed by atoms with van der Waals surface area (Å²) in [6, 6.07) is 16.5. The topological polar surface area (TPSA) is 130 Å². The van der Waals surface area contributed by atoms with E-state index < -0.39 is 8.32 Å². The van der Waals surface area contributed by atoms with Crippen molar-refractivity contribution in [1.82, 2.24) is 20.5 Å². The maximum absolute atomic E-state index is 12.4. The number of phenols is 1. The number of nitrogens with one attached hydrogen (secondary N) is 3. The molecule has 230 valence electrons. The van der Waals surface area contributed by atoms with Gasteiger partial charge in [0, 0.05) is 43.5 Å². The monoisotopic (exact) mass is 603 g/mol. The first-order valence-corrected chi connectivity index (χ1v) is 18.0. The van der Waals surface area contributed by atoms with E-state index in [0.29, 0.717) is 36.6 Å². The number of fused-ring (bicyclic) bond motifs is 1. The van der Waals surface area contributed by atoms with Crippen molar-refractivity contribution in [2.24, 2.45) is 0 Å². The molecule has 3 aromatic rings. The number of rotatable bonds is 11. The fourth-order valence-corrected chi connectivity index (χ4v) is 6.44. The van der Waals surface area contributed by atoms with E-state index in [-0.39, 0.29) is 28.4 Å². The number of amides is 1. The molecule has 10 heteroatoms. The Morgan fingerprint density at radius 2 is 1.84 bits per heavy atom. The normalized spacial score (nSPS) is 15.7. The predicted octanol–water partition coefficient (Wildman–Crippen LogP) is 4.93. The van der Waals surface area contributed by atoms with Crippen molar-refractivity contribution in [3.63, 3.8) is 0 Å². The molecule has 0 spiro atoms. The largest absolute Gasteiger partial charge is 0.506 e. The van der Waals surface area contributed by atoms with E-state index in [2.05, 4.69) is 60.5 Å². The van der Waals surface area contributed by atoms with Crippen LogP contribution >= 0.6 is 0 Å². The molecule has 1 aliphatic heterocycles. The molecule has 2 aromatic carbocycles. The highest BCUT2D eigenvalue weighted by molar-refractivity contribution is 6.74. The first-order valence-electron chi connectivity index (χ1n) is 15.1. The number of nitrogens with zero attached hydrogens (tertiary/aromatic N) is 2. The van der Waals surface area contributed by atoms with E-state index in [1.54, 1.807) is 24.3 Å². The minimum atomic E-state index is -2.15. The first-order chi connectivity index (χ1) is 20.4. The van der Waals surface area contributed by atoms with Gasteiger partial charge in [-0.05, 0) is 79.5 Å². The van der Waals surface area contributed by atoms with E-state index in [1.165, 1.54) is 6.07 Å². The van der Waals surface area contributed by atoms with Crippen LogP contribution in [0.15, 0.2) is 53.3 Å². The maximum Gasteiger partial charge on any atom is 0.248 e. The van der Waals surface area contributed by atoms with Gasteiger partial charge >= 0.3 is 0 Å². The average Bonchev–Trinajstić information content (AvgIpc) is 2.98. The molecule has 1 aromatic heterocycles. The van der Waals surface area contributed by atoms with Crippen LogP contribution in [-0.2, 0) is 15.8 Å². The number of hydrogen-bond donors (Lipinski definition) is 4. The number of aromatic nitrogens is 1. The van der Waals surface area contributed by atoms with Crippen molar-refractivity contribution >= 4 is 25.1 Å². The van der Waals surface area contributed by atoms with Crippen LogP contribution in [0.5, 0.6) is 5.75 Å². The molecule has 43 heavy (non-hydrogen) atoms. The summed E-state index contributed by atoms with van der Waals surface area (Å²) in [5.74, 6) is 0.0727. The van der Waals surface area contributed by atoms with Gasteiger partial charge in [-0.3, -0.25) is 9.59 Å². The molecule has 1 atom stereocenters. The molecule has 0 aliphatic carbocycles. The number of hydrogen-bond acceptors (Lipinski definition) is 7. The van der Waals surface area contributed by atoms with E-state index in [1.807, 2.05) is 18.2 Å². The van der Waals surface area contributed by atoms with Crippen LogP contribution in [-0.4, -0.2) is 61.4 Å². The predicted molar refractivity (Wildman–Crippen MR) is 172 cm³/mol. The van der Waals surface area contributed by atoms with Gasteiger partial charge in [-0.1, -0.05) is 39.0 Å². The second-order valence-electron chi connectivity index (χ2n) is 13.0. The lowest BCUT2D eigenvalue weighted by Gasteiger charge is -2.40. The van der Waals surface area contributed by atoms with Gasteiger partial charge in [-0.2, -0.15) is 5.26 Å². The van der Waals surface area contributed by atoms with Crippen molar-refractivity contribution in [3.05, 3.63) is 75.6 Å². The van der Waals surface area contributed by atoms with E-state index in [4.69, 9.17) is 9.69 Å². The van der Waals surface area contributed by atoms with E-state index in [0.717, 1.165) is 49.0 Å². The molecular formula is C33H45N5O4Si. The molecule has 0 bridgehead atoms. The van der Waals surface area contributed by atoms with Gasteiger partial charge in [0.1, 0.15) is 5.75 Å². The number of piperidine rings is 1. The number of carbonyl (C=O) groups is 1. The molecule has 4 rings (SSSR count).